The second-order valence-electron chi connectivity index (χ2n) is 1.96. The van der Waals surface area contributed by atoms with Crippen LogP contribution in [0.2, 0.25) is 0 Å². The second-order valence-corrected chi connectivity index (χ2v) is 3.20. The molecular formula is C6H6IN3O. The quantitative estimate of drug-likeness (QED) is 0.718. The molecule has 1 aromatic heterocycles. The Balaban J connectivity index is 3.20. The first-order valence-electron chi connectivity index (χ1n) is 2.82. The molecule has 0 fully saturated rings. The summed E-state index contributed by atoms with van der Waals surface area (Å²) in [5, 5.41) is 0. The van der Waals surface area contributed by atoms with Crippen molar-refractivity contribution in [2.45, 2.75) is 0 Å². The molecule has 0 radical (unpaired) electrons. The predicted molar refractivity (Wildman–Crippen MR) is 49.9 cm³/mol. The molecule has 1 aromatic rings. The normalized spacial score (nSPS) is 9.55. The maximum Gasteiger partial charge on any atom is 0.269 e. The lowest BCUT2D eigenvalue weighted by Crippen LogP contribution is -2.15. The average Bonchev–Trinajstić information content (AvgIpc) is 1.85. The maximum atomic E-state index is 10.6. The summed E-state index contributed by atoms with van der Waals surface area (Å²) in [7, 11) is 0. The van der Waals surface area contributed by atoms with Gasteiger partial charge in [-0.25, -0.2) is 4.98 Å². The molecule has 0 spiro atoms. The summed E-state index contributed by atoms with van der Waals surface area (Å²) in [6, 6.07) is 1.65. The van der Waals surface area contributed by atoms with Crippen LogP contribution in [0, 0.1) is 3.57 Å². The van der Waals surface area contributed by atoms with Gasteiger partial charge in [-0.2, -0.15) is 0 Å². The molecule has 5 heteroatoms. The summed E-state index contributed by atoms with van der Waals surface area (Å²) in [6.45, 7) is 0. The van der Waals surface area contributed by atoms with Crippen LogP contribution in [0.3, 0.4) is 0 Å². The summed E-state index contributed by atoms with van der Waals surface area (Å²) in [5.41, 5.74) is 10.9. The Morgan fingerprint density at radius 1 is 1.64 bits per heavy atom. The summed E-state index contributed by atoms with van der Waals surface area (Å²) in [4.78, 5) is 14.4. The molecule has 0 aromatic carbocycles. The van der Waals surface area contributed by atoms with Crippen molar-refractivity contribution < 1.29 is 4.79 Å². The predicted octanol–water partition coefficient (Wildman–Crippen LogP) is 0.367. The highest BCUT2D eigenvalue weighted by atomic mass is 127. The Morgan fingerprint density at radius 3 is 2.73 bits per heavy atom. The molecule has 0 aliphatic carbocycles. The number of halogens is 1. The highest BCUT2D eigenvalue weighted by molar-refractivity contribution is 14.1. The number of amides is 1. The number of carbonyl (C=O) groups is 1. The number of nitrogen functional groups attached to an aromatic ring is 1. The van der Waals surface area contributed by atoms with Crippen molar-refractivity contribution in [3.05, 3.63) is 21.5 Å². The third-order valence-electron chi connectivity index (χ3n) is 1.12. The van der Waals surface area contributed by atoms with Crippen LogP contribution in [0.15, 0.2) is 12.3 Å². The van der Waals surface area contributed by atoms with Crippen LogP contribution in [-0.4, -0.2) is 10.9 Å². The number of nitrogens with two attached hydrogens (primary N) is 2. The minimum Gasteiger partial charge on any atom is -0.397 e. The topological polar surface area (TPSA) is 82.0 Å². The minimum atomic E-state index is -0.598. The van der Waals surface area contributed by atoms with Gasteiger partial charge in [0.1, 0.15) is 0 Å². The molecule has 1 amide bonds. The number of hydrogen-bond acceptors (Lipinski definition) is 3. The van der Waals surface area contributed by atoms with Gasteiger partial charge in [-0.1, -0.05) is 0 Å². The van der Waals surface area contributed by atoms with Crippen molar-refractivity contribution in [1.29, 1.82) is 0 Å². The molecule has 0 saturated heterocycles. The third-order valence-corrected chi connectivity index (χ3v) is 1.71. The number of aromatic nitrogens is 1. The number of primary amides is 1. The van der Waals surface area contributed by atoms with Crippen LogP contribution < -0.4 is 11.5 Å². The minimum absolute atomic E-state index is 0.130. The number of carbonyl (C=O) groups excluding carboxylic acids is 1. The average molecular weight is 263 g/mol. The van der Waals surface area contributed by atoms with Gasteiger partial charge in [0, 0.05) is 9.77 Å². The molecule has 0 bridgehead atoms. The lowest BCUT2D eigenvalue weighted by molar-refractivity contribution is 0.0996. The van der Waals surface area contributed by atoms with Gasteiger partial charge >= 0.3 is 0 Å². The summed E-state index contributed by atoms with van der Waals surface area (Å²) < 4.78 is 0.880. The SMILES string of the molecule is NC(=O)c1ncc(I)cc1N. The van der Waals surface area contributed by atoms with Crippen molar-refractivity contribution >= 4 is 34.2 Å². The smallest absolute Gasteiger partial charge is 0.269 e. The van der Waals surface area contributed by atoms with E-state index in [9.17, 15) is 4.79 Å². The Morgan fingerprint density at radius 2 is 2.27 bits per heavy atom. The molecule has 0 aliphatic heterocycles. The van der Waals surface area contributed by atoms with Gasteiger partial charge in [0.15, 0.2) is 5.69 Å². The Kier molecular flexibility index (Phi) is 2.28. The molecule has 11 heavy (non-hydrogen) atoms. The van der Waals surface area contributed by atoms with Gasteiger partial charge in [-0.15, -0.1) is 0 Å². The Hall–Kier alpha value is -0.850. The lowest BCUT2D eigenvalue weighted by atomic mass is 10.3. The van der Waals surface area contributed by atoms with Crippen LogP contribution in [0.1, 0.15) is 10.5 Å². The van der Waals surface area contributed by atoms with Crippen LogP contribution in [-0.2, 0) is 0 Å². The van der Waals surface area contributed by atoms with E-state index >= 15 is 0 Å². The van der Waals surface area contributed by atoms with Gasteiger partial charge in [0.05, 0.1) is 5.69 Å². The largest absolute Gasteiger partial charge is 0.397 e. The second kappa shape index (κ2) is 3.04. The number of pyridine rings is 1. The number of hydrogen-bond donors (Lipinski definition) is 2. The van der Waals surface area contributed by atoms with Gasteiger partial charge in [-0.3, -0.25) is 4.79 Å². The van der Waals surface area contributed by atoms with E-state index in [2.05, 4.69) is 27.6 Å². The molecule has 0 unspecified atom stereocenters. The highest BCUT2D eigenvalue weighted by Crippen LogP contribution is 2.11. The van der Waals surface area contributed by atoms with Gasteiger partial charge in [0.25, 0.3) is 5.91 Å². The number of anilines is 1. The standard InChI is InChI=1S/C6H6IN3O/c7-3-1-4(8)5(6(9)11)10-2-3/h1-2H,8H2,(H2,9,11). The van der Waals surface area contributed by atoms with Crippen molar-refractivity contribution in [1.82, 2.24) is 4.98 Å². The van der Waals surface area contributed by atoms with Crippen LogP contribution in [0.25, 0.3) is 0 Å². The zero-order chi connectivity index (χ0) is 8.43. The maximum absolute atomic E-state index is 10.6. The van der Waals surface area contributed by atoms with E-state index in [1.807, 2.05) is 0 Å². The summed E-state index contributed by atoms with van der Waals surface area (Å²) in [5.74, 6) is -0.598. The van der Waals surface area contributed by atoms with Crippen molar-refractivity contribution in [3.63, 3.8) is 0 Å². The van der Waals surface area contributed by atoms with Crippen molar-refractivity contribution in [2.75, 3.05) is 5.73 Å². The Labute approximate surface area is 77.1 Å². The molecule has 0 atom stereocenters. The zero-order valence-corrected chi connectivity index (χ0v) is 7.70. The fourth-order valence-electron chi connectivity index (χ4n) is 0.661. The van der Waals surface area contributed by atoms with E-state index < -0.39 is 5.91 Å². The number of rotatable bonds is 1. The summed E-state index contributed by atoms with van der Waals surface area (Å²) in [6.07, 6.45) is 1.54. The lowest BCUT2D eigenvalue weighted by Gasteiger charge is -1.98. The zero-order valence-electron chi connectivity index (χ0n) is 5.54. The van der Waals surface area contributed by atoms with Gasteiger partial charge < -0.3 is 11.5 Å². The first kappa shape index (κ1) is 8.25. The van der Waals surface area contributed by atoms with E-state index in [1.165, 1.54) is 6.20 Å². The van der Waals surface area contributed by atoms with E-state index in [-0.39, 0.29) is 5.69 Å². The van der Waals surface area contributed by atoms with E-state index in [1.54, 1.807) is 6.07 Å². The van der Waals surface area contributed by atoms with E-state index in [4.69, 9.17) is 11.5 Å². The first-order valence-corrected chi connectivity index (χ1v) is 3.90. The molecule has 4 N–H and O–H groups in total. The monoisotopic (exact) mass is 263 g/mol. The fraction of sp³-hybridized carbons (Fsp3) is 0. The van der Waals surface area contributed by atoms with Crippen LogP contribution in [0.4, 0.5) is 5.69 Å². The van der Waals surface area contributed by atoms with Gasteiger partial charge in [0.2, 0.25) is 0 Å². The van der Waals surface area contributed by atoms with Crippen LogP contribution in [0.5, 0.6) is 0 Å². The molecule has 0 aliphatic rings. The van der Waals surface area contributed by atoms with Crippen molar-refractivity contribution in [2.24, 2.45) is 5.73 Å². The molecular weight excluding hydrogens is 257 g/mol. The number of nitrogens with zero attached hydrogens (tertiary/aromatic N) is 1. The first-order chi connectivity index (χ1) is 5.11. The van der Waals surface area contributed by atoms with E-state index in [0.29, 0.717) is 5.69 Å². The molecule has 58 valence electrons. The Bertz CT molecular complexity index is 300. The fourth-order valence-corrected chi connectivity index (χ4v) is 1.14. The van der Waals surface area contributed by atoms with E-state index in [0.717, 1.165) is 3.57 Å². The van der Waals surface area contributed by atoms with Gasteiger partial charge in [-0.05, 0) is 28.7 Å². The van der Waals surface area contributed by atoms with Crippen molar-refractivity contribution in [3.8, 4) is 0 Å². The highest BCUT2D eigenvalue weighted by Gasteiger charge is 2.06. The molecule has 1 rings (SSSR count). The summed E-state index contributed by atoms with van der Waals surface area (Å²) >= 11 is 2.05. The molecule has 4 nitrogen and oxygen atoms in total. The molecule has 1 heterocycles. The molecule has 0 saturated carbocycles. The third kappa shape index (κ3) is 1.79. The van der Waals surface area contributed by atoms with Crippen LogP contribution >= 0.6 is 22.6 Å².